The van der Waals surface area contributed by atoms with Crippen molar-refractivity contribution in [3.63, 3.8) is 0 Å². The summed E-state index contributed by atoms with van der Waals surface area (Å²) in [4.78, 5) is 17.8. The van der Waals surface area contributed by atoms with Crippen molar-refractivity contribution >= 4 is 11.9 Å². The van der Waals surface area contributed by atoms with E-state index >= 15 is 0 Å². The summed E-state index contributed by atoms with van der Waals surface area (Å²) in [5.74, 6) is 0.490. The number of rotatable bonds is 5. The first-order valence-corrected chi connectivity index (χ1v) is 7.77. The molecule has 0 saturated heterocycles. The molecule has 0 bridgehead atoms. The molecule has 0 radical (unpaired) electrons. The molecule has 126 valence electrons. The smallest absolute Gasteiger partial charge is 0.337 e. The van der Waals surface area contributed by atoms with Gasteiger partial charge < -0.3 is 15.0 Å². The van der Waals surface area contributed by atoms with Gasteiger partial charge in [0.1, 0.15) is 0 Å². The number of carbonyl (C=O) groups is 1. The first-order valence-electron chi connectivity index (χ1n) is 7.77. The van der Waals surface area contributed by atoms with Gasteiger partial charge in [-0.2, -0.15) is 0 Å². The first kappa shape index (κ1) is 17.5. The number of carbonyl (C=O) groups excluding carboxylic acids is 1. The summed E-state index contributed by atoms with van der Waals surface area (Å²) in [6.45, 7) is 1.41. The molecule has 0 saturated carbocycles. The maximum absolute atomic E-state index is 11.4. The molecule has 0 aliphatic carbocycles. The first-order chi connectivity index (χ1) is 11.6. The number of methoxy groups -OCH3 is 1. The van der Waals surface area contributed by atoms with Gasteiger partial charge >= 0.3 is 5.97 Å². The van der Waals surface area contributed by atoms with Crippen molar-refractivity contribution < 1.29 is 9.53 Å². The van der Waals surface area contributed by atoms with Crippen LogP contribution in [0, 0.1) is 0 Å². The van der Waals surface area contributed by atoms with Gasteiger partial charge in [-0.05, 0) is 23.3 Å². The number of benzene rings is 2. The zero-order valence-corrected chi connectivity index (χ0v) is 14.3. The van der Waals surface area contributed by atoms with Crippen molar-refractivity contribution in [1.82, 2.24) is 10.2 Å². The van der Waals surface area contributed by atoms with Crippen molar-refractivity contribution in [1.29, 1.82) is 0 Å². The molecule has 0 fully saturated rings. The van der Waals surface area contributed by atoms with E-state index < -0.39 is 0 Å². The number of hydrogen-bond donors (Lipinski definition) is 1. The molecule has 24 heavy (non-hydrogen) atoms. The summed E-state index contributed by atoms with van der Waals surface area (Å²) in [7, 11) is 5.15. The van der Waals surface area contributed by atoms with Crippen molar-refractivity contribution in [2.45, 2.75) is 13.1 Å². The van der Waals surface area contributed by atoms with Crippen LogP contribution in [0.25, 0.3) is 0 Å². The third kappa shape index (κ3) is 4.84. The van der Waals surface area contributed by atoms with Crippen LogP contribution in [0.1, 0.15) is 21.5 Å². The lowest BCUT2D eigenvalue weighted by Crippen LogP contribution is -2.38. The van der Waals surface area contributed by atoms with Crippen LogP contribution in [0.2, 0.25) is 0 Å². The van der Waals surface area contributed by atoms with E-state index in [-0.39, 0.29) is 5.97 Å². The Bertz CT molecular complexity index is 682. The highest BCUT2D eigenvalue weighted by Gasteiger charge is 2.07. The highest BCUT2D eigenvalue weighted by molar-refractivity contribution is 5.89. The molecule has 2 aromatic rings. The van der Waals surface area contributed by atoms with Gasteiger partial charge in [0, 0.05) is 27.2 Å². The lowest BCUT2D eigenvalue weighted by Gasteiger charge is -2.22. The Kier molecular flexibility index (Phi) is 6.37. The molecule has 5 nitrogen and oxygen atoms in total. The zero-order valence-electron chi connectivity index (χ0n) is 14.3. The van der Waals surface area contributed by atoms with Crippen molar-refractivity contribution in [2.75, 3.05) is 21.2 Å². The Morgan fingerprint density at radius 1 is 1.08 bits per heavy atom. The number of ether oxygens (including phenoxy) is 1. The van der Waals surface area contributed by atoms with E-state index in [4.69, 9.17) is 4.74 Å². The van der Waals surface area contributed by atoms with Crippen LogP contribution in [0.5, 0.6) is 0 Å². The monoisotopic (exact) mass is 325 g/mol. The molecular formula is C19H23N3O2. The molecule has 1 N–H and O–H groups in total. The average Bonchev–Trinajstić information content (AvgIpc) is 2.63. The highest BCUT2D eigenvalue weighted by Crippen LogP contribution is 2.07. The quantitative estimate of drug-likeness (QED) is 0.522. The van der Waals surface area contributed by atoms with E-state index in [9.17, 15) is 4.79 Å². The molecule has 0 aromatic heterocycles. The van der Waals surface area contributed by atoms with Gasteiger partial charge in [0.2, 0.25) is 0 Å². The molecule has 0 heterocycles. The second-order valence-electron chi connectivity index (χ2n) is 5.43. The van der Waals surface area contributed by atoms with E-state index in [0.29, 0.717) is 12.1 Å². The zero-order chi connectivity index (χ0) is 17.4. The predicted molar refractivity (Wildman–Crippen MR) is 95.9 cm³/mol. The van der Waals surface area contributed by atoms with Gasteiger partial charge in [0.25, 0.3) is 0 Å². The Hall–Kier alpha value is -2.82. The predicted octanol–water partition coefficient (Wildman–Crippen LogP) is 2.68. The summed E-state index contributed by atoms with van der Waals surface area (Å²) in [6, 6.07) is 17.6. The minimum Gasteiger partial charge on any atom is -0.465 e. The number of esters is 1. The van der Waals surface area contributed by atoms with Gasteiger partial charge in [-0.3, -0.25) is 4.99 Å². The summed E-state index contributed by atoms with van der Waals surface area (Å²) in [5, 5.41) is 3.33. The number of aliphatic imine (C=N–C) groups is 1. The standard InChI is InChI=1S/C19H23N3O2/c1-20-19(22(2)14-16-7-5-4-6-8-16)21-13-15-9-11-17(12-10-15)18(23)24-3/h4-12H,13-14H2,1-3H3,(H,20,21). The SMILES string of the molecule is CN=C(NCc1ccc(C(=O)OC)cc1)N(C)Cc1ccccc1. The summed E-state index contributed by atoms with van der Waals surface area (Å²) >= 11 is 0. The molecular weight excluding hydrogens is 302 g/mol. The van der Waals surface area contributed by atoms with Crippen molar-refractivity contribution in [3.05, 3.63) is 71.3 Å². The summed E-state index contributed by atoms with van der Waals surface area (Å²) in [6.07, 6.45) is 0. The van der Waals surface area contributed by atoms with E-state index in [0.717, 1.165) is 18.1 Å². The minimum absolute atomic E-state index is 0.326. The van der Waals surface area contributed by atoms with Gasteiger partial charge in [-0.25, -0.2) is 4.79 Å². The number of guanidine groups is 1. The largest absolute Gasteiger partial charge is 0.465 e. The molecule has 2 aromatic carbocycles. The maximum atomic E-state index is 11.4. The Morgan fingerprint density at radius 2 is 1.75 bits per heavy atom. The van der Waals surface area contributed by atoms with E-state index in [1.165, 1.54) is 12.7 Å². The van der Waals surface area contributed by atoms with Gasteiger partial charge in [0.05, 0.1) is 12.7 Å². The average molecular weight is 325 g/mol. The Labute approximate surface area is 143 Å². The molecule has 0 spiro atoms. The van der Waals surface area contributed by atoms with Gasteiger partial charge in [-0.15, -0.1) is 0 Å². The Morgan fingerprint density at radius 3 is 2.33 bits per heavy atom. The van der Waals surface area contributed by atoms with Crippen LogP contribution in [0.15, 0.2) is 59.6 Å². The lowest BCUT2D eigenvalue weighted by atomic mass is 10.1. The Balaban J connectivity index is 1.92. The topological polar surface area (TPSA) is 53.9 Å². The molecule has 0 unspecified atom stereocenters. The second kappa shape index (κ2) is 8.72. The van der Waals surface area contributed by atoms with Crippen LogP contribution in [-0.4, -0.2) is 38.0 Å². The fraction of sp³-hybridized carbons (Fsp3) is 0.263. The minimum atomic E-state index is -0.326. The molecule has 0 amide bonds. The highest BCUT2D eigenvalue weighted by atomic mass is 16.5. The number of nitrogens with zero attached hydrogens (tertiary/aromatic N) is 2. The van der Waals surface area contributed by atoms with Crippen LogP contribution in [0.3, 0.4) is 0 Å². The number of nitrogens with one attached hydrogen (secondary N) is 1. The molecule has 5 heteroatoms. The van der Waals surface area contributed by atoms with Crippen molar-refractivity contribution in [2.24, 2.45) is 4.99 Å². The van der Waals surface area contributed by atoms with E-state index in [1.54, 1.807) is 19.2 Å². The number of hydrogen-bond acceptors (Lipinski definition) is 3. The summed E-state index contributed by atoms with van der Waals surface area (Å²) in [5.41, 5.74) is 2.84. The van der Waals surface area contributed by atoms with Crippen molar-refractivity contribution in [3.8, 4) is 0 Å². The fourth-order valence-electron chi connectivity index (χ4n) is 2.37. The molecule has 0 atom stereocenters. The molecule has 0 aliphatic rings. The van der Waals surface area contributed by atoms with Gasteiger partial charge in [-0.1, -0.05) is 42.5 Å². The van der Waals surface area contributed by atoms with E-state index in [1.807, 2.05) is 37.4 Å². The van der Waals surface area contributed by atoms with E-state index in [2.05, 4.69) is 27.3 Å². The third-order valence-electron chi connectivity index (χ3n) is 3.66. The fourth-order valence-corrected chi connectivity index (χ4v) is 2.37. The molecule has 2 rings (SSSR count). The maximum Gasteiger partial charge on any atom is 0.337 e. The third-order valence-corrected chi connectivity index (χ3v) is 3.66. The van der Waals surface area contributed by atoms with Crippen LogP contribution in [0.4, 0.5) is 0 Å². The van der Waals surface area contributed by atoms with Crippen LogP contribution in [-0.2, 0) is 17.8 Å². The summed E-state index contributed by atoms with van der Waals surface area (Å²) < 4.78 is 4.70. The van der Waals surface area contributed by atoms with Gasteiger partial charge in [0.15, 0.2) is 5.96 Å². The second-order valence-corrected chi connectivity index (χ2v) is 5.43. The normalized spacial score (nSPS) is 11.0. The lowest BCUT2D eigenvalue weighted by molar-refractivity contribution is 0.0600. The van der Waals surface area contributed by atoms with Crippen LogP contribution < -0.4 is 5.32 Å². The molecule has 0 aliphatic heterocycles. The van der Waals surface area contributed by atoms with Crippen LogP contribution >= 0.6 is 0 Å².